The number of aliphatic hydroxyl groups excluding tert-OH is 1. The van der Waals surface area contributed by atoms with E-state index in [1.807, 2.05) is 67.6 Å². The van der Waals surface area contributed by atoms with Gasteiger partial charge in [0.25, 0.3) is 0 Å². The van der Waals surface area contributed by atoms with Crippen molar-refractivity contribution in [2.75, 3.05) is 6.61 Å². The molecule has 0 unspecified atom stereocenters. The lowest BCUT2D eigenvalue weighted by Crippen LogP contribution is -2.35. The van der Waals surface area contributed by atoms with Crippen LogP contribution in [0.5, 0.6) is 11.5 Å². The van der Waals surface area contributed by atoms with Gasteiger partial charge in [0.15, 0.2) is 6.10 Å². The Labute approximate surface area is 168 Å². The molecule has 1 N–H and O–H groups in total. The molecule has 5 rings (SSSR count). The summed E-state index contributed by atoms with van der Waals surface area (Å²) in [7, 11) is 0. The normalized spacial score (nSPS) is 18.1. The number of rotatable bonds is 3. The molecule has 2 aromatic carbocycles. The van der Waals surface area contributed by atoms with Crippen LogP contribution in [0.3, 0.4) is 0 Å². The molecule has 1 aliphatic heterocycles. The van der Waals surface area contributed by atoms with Gasteiger partial charge in [0, 0.05) is 22.2 Å². The van der Waals surface area contributed by atoms with Gasteiger partial charge in [-0.25, -0.2) is 4.98 Å². The molecule has 2 atom stereocenters. The van der Waals surface area contributed by atoms with Gasteiger partial charge in [0.2, 0.25) is 0 Å². The lowest BCUT2D eigenvalue weighted by molar-refractivity contribution is -0.0104. The van der Waals surface area contributed by atoms with Crippen molar-refractivity contribution in [1.82, 2.24) is 9.97 Å². The van der Waals surface area contributed by atoms with Crippen LogP contribution in [0.25, 0.3) is 22.2 Å². The maximum absolute atomic E-state index is 10.9. The molecule has 0 aliphatic carbocycles. The van der Waals surface area contributed by atoms with E-state index in [1.54, 1.807) is 6.20 Å². The maximum atomic E-state index is 10.9. The van der Waals surface area contributed by atoms with Crippen LogP contribution in [0.4, 0.5) is 0 Å². The van der Waals surface area contributed by atoms with Crippen molar-refractivity contribution < 1.29 is 14.6 Å². The van der Waals surface area contributed by atoms with Gasteiger partial charge in [-0.3, -0.25) is 4.98 Å². The first-order valence-corrected chi connectivity index (χ1v) is 9.58. The van der Waals surface area contributed by atoms with E-state index in [4.69, 9.17) is 14.5 Å². The molecule has 0 amide bonds. The van der Waals surface area contributed by atoms with Crippen LogP contribution < -0.4 is 9.47 Å². The van der Waals surface area contributed by atoms with Gasteiger partial charge >= 0.3 is 0 Å². The van der Waals surface area contributed by atoms with Crippen molar-refractivity contribution in [3.05, 3.63) is 84.2 Å². The van der Waals surface area contributed by atoms with E-state index in [2.05, 4.69) is 11.1 Å². The minimum absolute atomic E-state index is 0.273. The molecule has 5 nitrogen and oxygen atoms in total. The maximum Gasteiger partial charge on any atom is 0.163 e. The van der Waals surface area contributed by atoms with E-state index in [0.29, 0.717) is 17.1 Å². The standard InChI is InChI=1S/C24H20N2O3/c1-15-6-9-18(13-25-15)29-23-14-28-22-11-8-17(12-19(22)24(23)27)21-10-7-16-4-2-3-5-20(16)26-21/h2-13,23-24,27H,14H2,1H3/t23-,24-/m0/s1. The Morgan fingerprint density at radius 2 is 1.93 bits per heavy atom. The molecule has 0 fully saturated rings. The second-order valence-electron chi connectivity index (χ2n) is 7.19. The van der Waals surface area contributed by atoms with Crippen LogP contribution in [-0.2, 0) is 0 Å². The third-order valence-corrected chi connectivity index (χ3v) is 5.15. The first-order valence-electron chi connectivity index (χ1n) is 9.58. The molecule has 3 heterocycles. The highest BCUT2D eigenvalue weighted by molar-refractivity contribution is 5.81. The van der Waals surface area contributed by atoms with Crippen molar-refractivity contribution in [2.45, 2.75) is 19.1 Å². The molecular formula is C24H20N2O3. The zero-order valence-corrected chi connectivity index (χ0v) is 15.9. The minimum Gasteiger partial charge on any atom is -0.489 e. The average Bonchev–Trinajstić information content (AvgIpc) is 2.77. The van der Waals surface area contributed by atoms with Crippen molar-refractivity contribution >= 4 is 10.9 Å². The Balaban J connectivity index is 1.45. The fraction of sp³-hybridized carbons (Fsp3) is 0.167. The van der Waals surface area contributed by atoms with E-state index in [-0.39, 0.29) is 6.61 Å². The van der Waals surface area contributed by atoms with Crippen LogP contribution in [0, 0.1) is 6.92 Å². The first kappa shape index (κ1) is 17.6. The van der Waals surface area contributed by atoms with Crippen LogP contribution in [0.15, 0.2) is 72.9 Å². The van der Waals surface area contributed by atoms with E-state index < -0.39 is 12.2 Å². The number of hydrogen-bond acceptors (Lipinski definition) is 5. The minimum atomic E-state index is -0.805. The van der Waals surface area contributed by atoms with Gasteiger partial charge in [-0.15, -0.1) is 0 Å². The molecule has 29 heavy (non-hydrogen) atoms. The van der Waals surface area contributed by atoms with E-state index in [0.717, 1.165) is 27.9 Å². The quantitative estimate of drug-likeness (QED) is 0.564. The third kappa shape index (κ3) is 3.41. The smallest absolute Gasteiger partial charge is 0.163 e. The predicted octanol–water partition coefficient (Wildman–Crippen LogP) is 4.48. The van der Waals surface area contributed by atoms with Gasteiger partial charge in [0.05, 0.1) is 17.4 Å². The average molecular weight is 384 g/mol. The number of hydrogen-bond donors (Lipinski definition) is 1. The molecule has 4 aromatic rings. The summed E-state index contributed by atoms with van der Waals surface area (Å²) >= 11 is 0. The van der Waals surface area contributed by atoms with Gasteiger partial charge < -0.3 is 14.6 Å². The summed E-state index contributed by atoms with van der Waals surface area (Å²) in [6.07, 6.45) is 0.347. The molecule has 0 radical (unpaired) electrons. The first-order chi connectivity index (χ1) is 14.2. The number of aromatic nitrogens is 2. The third-order valence-electron chi connectivity index (χ3n) is 5.15. The topological polar surface area (TPSA) is 64.5 Å². The van der Waals surface area contributed by atoms with Crippen LogP contribution in [0.2, 0.25) is 0 Å². The summed E-state index contributed by atoms with van der Waals surface area (Å²) in [5.74, 6) is 1.28. The Kier molecular flexibility index (Phi) is 4.37. The SMILES string of the molecule is Cc1ccc(O[C@H]2COc3ccc(-c4ccc5ccccc5n4)cc3[C@@H]2O)cn1. The molecule has 0 bridgehead atoms. The second-order valence-corrected chi connectivity index (χ2v) is 7.19. The Morgan fingerprint density at radius 3 is 2.79 bits per heavy atom. The fourth-order valence-electron chi connectivity index (χ4n) is 3.56. The summed E-state index contributed by atoms with van der Waals surface area (Å²) < 4.78 is 11.8. The molecule has 144 valence electrons. The zero-order valence-electron chi connectivity index (χ0n) is 15.9. The summed E-state index contributed by atoms with van der Waals surface area (Å²) in [5.41, 5.74) is 4.33. The molecule has 0 saturated carbocycles. The molecule has 1 aliphatic rings. The number of fused-ring (bicyclic) bond motifs is 2. The highest BCUT2D eigenvalue weighted by atomic mass is 16.5. The number of pyridine rings is 2. The number of aliphatic hydroxyl groups is 1. The van der Waals surface area contributed by atoms with E-state index in [9.17, 15) is 5.11 Å². The van der Waals surface area contributed by atoms with Crippen LogP contribution in [0.1, 0.15) is 17.4 Å². The number of benzene rings is 2. The highest BCUT2D eigenvalue weighted by Crippen LogP contribution is 2.36. The summed E-state index contributed by atoms with van der Waals surface area (Å²) in [4.78, 5) is 8.99. The van der Waals surface area contributed by atoms with Gasteiger partial charge in [-0.1, -0.05) is 24.3 Å². The van der Waals surface area contributed by atoms with Crippen LogP contribution in [-0.4, -0.2) is 27.8 Å². The molecular weight excluding hydrogens is 364 g/mol. The number of aryl methyl sites for hydroxylation is 1. The van der Waals surface area contributed by atoms with E-state index in [1.165, 1.54) is 0 Å². The Bertz CT molecular complexity index is 1170. The summed E-state index contributed by atoms with van der Waals surface area (Å²) in [6.45, 7) is 2.19. The highest BCUT2D eigenvalue weighted by Gasteiger charge is 2.31. The van der Waals surface area contributed by atoms with Crippen LogP contribution >= 0.6 is 0 Å². The summed E-state index contributed by atoms with van der Waals surface area (Å²) in [5, 5.41) is 12.0. The second kappa shape index (κ2) is 7.18. The Morgan fingerprint density at radius 1 is 1.03 bits per heavy atom. The summed E-state index contributed by atoms with van der Waals surface area (Å²) in [6, 6.07) is 21.6. The number of nitrogens with zero attached hydrogens (tertiary/aromatic N) is 2. The van der Waals surface area contributed by atoms with Crippen molar-refractivity contribution in [1.29, 1.82) is 0 Å². The Hall–Kier alpha value is -3.44. The largest absolute Gasteiger partial charge is 0.489 e. The molecule has 0 saturated heterocycles. The number of ether oxygens (including phenoxy) is 2. The van der Waals surface area contributed by atoms with E-state index >= 15 is 0 Å². The molecule has 2 aromatic heterocycles. The molecule has 5 heteroatoms. The molecule has 0 spiro atoms. The van der Waals surface area contributed by atoms with Gasteiger partial charge in [-0.05, 0) is 49.4 Å². The monoisotopic (exact) mass is 384 g/mol. The lowest BCUT2D eigenvalue weighted by Gasteiger charge is -2.30. The van der Waals surface area contributed by atoms with Gasteiger partial charge in [-0.2, -0.15) is 0 Å². The van der Waals surface area contributed by atoms with Crippen molar-refractivity contribution in [3.8, 4) is 22.8 Å². The zero-order chi connectivity index (χ0) is 19.8. The number of para-hydroxylation sites is 1. The van der Waals surface area contributed by atoms with Crippen molar-refractivity contribution in [2.24, 2.45) is 0 Å². The van der Waals surface area contributed by atoms with Crippen molar-refractivity contribution in [3.63, 3.8) is 0 Å². The predicted molar refractivity (Wildman–Crippen MR) is 111 cm³/mol. The fourth-order valence-corrected chi connectivity index (χ4v) is 3.56. The lowest BCUT2D eigenvalue weighted by atomic mass is 9.97. The van der Waals surface area contributed by atoms with Gasteiger partial charge in [0.1, 0.15) is 24.2 Å².